The van der Waals surface area contributed by atoms with Crippen molar-refractivity contribution in [3.63, 3.8) is 0 Å². The average Bonchev–Trinajstić information content (AvgIpc) is 3.03. The van der Waals surface area contributed by atoms with E-state index in [9.17, 15) is 19.7 Å². The van der Waals surface area contributed by atoms with Gasteiger partial charge in [-0.05, 0) is 48.3 Å². The van der Waals surface area contributed by atoms with Crippen molar-refractivity contribution in [3.8, 4) is 11.3 Å². The van der Waals surface area contributed by atoms with Crippen LogP contribution in [-0.4, -0.2) is 28.0 Å². The number of halogens is 1. The second-order valence-corrected chi connectivity index (χ2v) is 8.98. The molecular formula is C22H16ClN3O5. The minimum atomic E-state index is -0.514. The van der Waals surface area contributed by atoms with E-state index in [0.717, 1.165) is 17.9 Å². The van der Waals surface area contributed by atoms with Crippen LogP contribution in [0.15, 0.2) is 52.0 Å². The van der Waals surface area contributed by atoms with Gasteiger partial charge in [0.15, 0.2) is 0 Å². The van der Waals surface area contributed by atoms with Crippen molar-refractivity contribution >= 4 is 35.3 Å². The summed E-state index contributed by atoms with van der Waals surface area (Å²) < 4.78 is 5.69. The fraction of sp³-hybridized carbons (Fsp3) is 0.318. The molecule has 1 aromatic heterocycles. The number of furan rings is 1. The molecule has 31 heavy (non-hydrogen) atoms. The molecule has 6 rings (SSSR count). The van der Waals surface area contributed by atoms with Gasteiger partial charge in [0.1, 0.15) is 11.5 Å². The van der Waals surface area contributed by atoms with Crippen LogP contribution in [0.2, 0.25) is 5.02 Å². The molecule has 0 radical (unpaired) electrons. The van der Waals surface area contributed by atoms with E-state index in [1.807, 2.05) is 0 Å². The van der Waals surface area contributed by atoms with E-state index in [1.54, 1.807) is 12.1 Å². The van der Waals surface area contributed by atoms with Crippen LogP contribution >= 0.6 is 11.6 Å². The van der Waals surface area contributed by atoms with Gasteiger partial charge in [0.25, 0.3) is 17.5 Å². The predicted molar refractivity (Wildman–Crippen MR) is 110 cm³/mol. The second kappa shape index (κ2) is 6.13. The molecule has 9 heteroatoms. The van der Waals surface area contributed by atoms with Crippen molar-refractivity contribution < 1.29 is 18.9 Å². The monoisotopic (exact) mass is 437 g/mol. The molecule has 0 N–H and O–H groups in total. The van der Waals surface area contributed by atoms with Crippen LogP contribution in [0.3, 0.4) is 0 Å². The Bertz CT molecular complexity index is 1190. The van der Waals surface area contributed by atoms with Gasteiger partial charge >= 0.3 is 0 Å². The van der Waals surface area contributed by atoms with Crippen molar-refractivity contribution in [2.24, 2.45) is 34.2 Å². The lowest BCUT2D eigenvalue weighted by Crippen LogP contribution is -2.30. The van der Waals surface area contributed by atoms with Gasteiger partial charge in [-0.2, -0.15) is 10.1 Å². The maximum absolute atomic E-state index is 12.9. The zero-order chi connectivity index (χ0) is 21.5. The SMILES string of the molecule is O=C1C2C(C(=O)N1/N=C/c1ccc(-c3cc([N+](=O)[O-])ccc3Cl)o1)C1C=CC2C12CC2. The highest BCUT2D eigenvalue weighted by Gasteiger charge is 2.73. The number of non-ortho nitro benzene ring substituents is 1. The number of rotatable bonds is 4. The summed E-state index contributed by atoms with van der Waals surface area (Å²) in [5.41, 5.74) is 0.405. The number of hydrazone groups is 1. The molecule has 2 amide bonds. The van der Waals surface area contributed by atoms with Gasteiger partial charge in [-0.25, -0.2) is 0 Å². The number of hydrogen-bond acceptors (Lipinski definition) is 6. The number of carbonyl (C=O) groups excluding carboxylic acids is 2. The molecule has 4 unspecified atom stereocenters. The van der Waals surface area contributed by atoms with Crippen LogP contribution < -0.4 is 0 Å². The molecule has 1 spiro atoms. The lowest BCUT2D eigenvalue weighted by Gasteiger charge is -2.18. The summed E-state index contributed by atoms with van der Waals surface area (Å²) >= 11 is 6.16. The molecule has 1 aliphatic heterocycles. The van der Waals surface area contributed by atoms with E-state index in [-0.39, 0.29) is 46.6 Å². The summed E-state index contributed by atoms with van der Waals surface area (Å²) in [4.78, 5) is 36.4. The van der Waals surface area contributed by atoms with Gasteiger partial charge in [0, 0.05) is 17.7 Å². The zero-order valence-electron chi connectivity index (χ0n) is 16.1. The smallest absolute Gasteiger partial charge is 0.270 e. The highest BCUT2D eigenvalue weighted by molar-refractivity contribution is 6.33. The van der Waals surface area contributed by atoms with E-state index in [0.29, 0.717) is 22.1 Å². The minimum Gasteiger partial charge on any atom is -0.455 e. The molecule has 3 aliphatic carbocycles. The maximum Gasteiger partial charge on any atom is 0.270 e. The standard InChI is InChI=1S/C22H16ClN3O5/c23-16-5-1-11(26(29)30)9-13(16)17-6-2-12(31-17)10-24-25-20(27)18-14-3-4-15(19(18)21(25)28)22(14)7-8-22/h1-6,9-10,14-15,18-19H,7-8H2/b24-10+. The number of imide groups is 1. The topological polar surface area (TPSA) is 106 Å². The number of benzene rings is 1. The highest BCUT2D eigenvalue weighted by Crippen LogP contribution is 2.73. The van der Waals surface area contributed by atoms with Crippen molar-refractivity contribution in [1.29, 1.82) is 0 Å². The number of nitro benzene ring substituents is 1. The number of allylic oxidation sites excluding steroid dienone is 2. The van der Waals surface area contributed by atoms with Crippen molar-refractivity contribution in [3.05, 3.63) is 63.4 Å². The number of nitrogens with zero attached hydrogens (tertiary/aromatic N) is 3. The third-order valence-electron chi connectivity index (χ3n) is 7.18. The van der Waals surface area contributed by atoms with Crippen LogP contribution in [0.25, 0.3) is 11.3 Å². The number of amides is 2. The lowest BCUT2D eigenvalue weighted by atomic mass is 9.85. The van der Waals surface area contributed by atoms with E-state index in [2.05, 4.69) is 17.3 Å². The average molecular weight is 438 g/mol. The van der Waals surface area contributed by atoms with Crippen molar-refractivity contribution in [2.45, 2.75) is 12.8 Å². The second-order valence-electron chi connectivity index (χ2n) is 8.58. The van der Waals surface area contributed by atoms with Gasteiger partial charge in [-0.3, -0.25) is 19.7 Å². The molecule has 4 aliphatic rings. The normalized spacial score (nSPS) is 29.5. The fourth-order valence-electron chi connectivity index (χ4n) is 5.67. The zero-order valence-corrected chi connectivity index (χ0v) is 16.9. The first kappa shape index (κ1) is 18.5. The predicted octanol–water partition coefficient (Wildman–Crippen LogP) is 4.04. The summed E-state index contributed by atoms with van der Waals surface area (Å²) in [5, 5.41) is 16.4. The molecule has 2 saturated carbocycles. The molecule has 2 aromatic rings. The van der Waals surface area contributed by atoms with Crippen LogP contribution in [0.1, 0.15) is 18.6 Å². The Labute approximate surface area is 181 Å². The first-order valence-corrected chi connectivity index (χ1v) is 10.4. The molecule has 4 atom stereocenters. The quantitative estimate of drug-likeness (QED) is 0.236. The minimum absolute atomic E-state index is 0.109. The summed E-state index contributed by atoms with van der Waals surface area (Å²) in [7, 11) is 0. The maximum atomic E-state index is 12.9. The Hall–Kier alpha value is -3.26. The number of nitro groups is 1. The van der Waals surface area contributed by atoms with Crippen LogP contribution in [0, 0.1) is 39.2 Å². The molecule has 8 nitrogen and oxygen atoms in total. The van der Waals surface area contributed by atoms with E-state index >= 15 is 0 Å². The van der Waals surface area contributed by atoms with E-state index in [4.69, 9.17) is 16.0 Å². The molecular weight excluding hydrogens is 422 g/mol. The number of hydrogen-bond donors (Lipinski definition) is 0. The Balaban J connectivity index is 1.24. The first-order valence-electron chi connectivity index (χ1n) is 10.0. The molecule has 156 valence electrons. The summed E-state index contributed by atoms with van der Waals surface area (Å²) in [6.07, 6.45) is 7.70. The summed E-state index contributed by atoms with van der Waals surface area (Å²) in [5.74, 6) is -0.198. The van der Waals surface area contributed by atoms with Gasteiger partial charge in [0.05, 0.1) is 28.0 Å². The lowest BCUT2D eigenvalue weighted by molar-refractivity contribution is -0.384. The molecule has 1 aromatic carbocycles. The summed E-state index contributed by atoms with van der Waals surface area (Å²) in [6.45, 7) is 0. The number of fused-ring (bicyclic) bond motifs is 3. The van der Waals surface area contributed by atoms with E-state index in [1.165, 1.54) is 24.4 Å². The first-order chi connectivity index (χ1) is 14.9. The van der Waals surface area contributed by atoms with Gasteiger partial charge in [0.2, 0.25) is 0 Å². The molecule has 1 saturated heterocycles. The Morgan fingerprint density at radius 3 is 2.42 bits per heavy atom. The third-order valence-corrected chi connectivity index (χ3v) is 7.51. The van der Waals surface area contributed by atoms with Crippen molar-refractivity contribution in [2.75, 3.05) is 0 Å². The Morgan fingerprint density at radius 2 is 1.81 bits per heavy atom. The summed E-state index contributed by atoms with van der Waals surface area (Å²) in [6, 6.07) is 7.28. The highest BCUT2D eigenvalue weighted by atomic mass is 35.5. The molecule has 2 heterocycles. The van der Waals surface area contributed by atoms with E-state index < -0.39 is 4.92 Å². The largest absolute Gasteiger partial charge is 0.455 e. The van der Waals surface area contributed by atoms with Crippen LogP contribution in [0.4, 0.5) is 5.69 Å². The Kier molecular flexibility index (Phi) is 3.66. The van der Waals surface area contributed by atoms with Gasteiger partial charge in [-0.15, -0.1) is 0 Å². The third kappa shape index (κ3) is 2.45. The Morgan fingerprint density at radius 1 is 1.13 bits per heavy atom. The van der Waals surface area contributed by atoms with Crippen LogP contribution in [0.5, 0.6) is 0 Å². The number of carbonyl (C=O) groups is 2. The molecule has 3 fully saturated rings. The van der Waals surface area contributed by atoms with Gasteiger partial charge in [-0.1, -0.05) is 23.8 Å². The molecule has 2 bridgehead atoms. The van der Waals surface area contributed by atoms with Crippen molar-refractivity contribution in [1.82, 2.24) is 5.01 Å². The fourth-order valence-corrected chi connectivity index (χ4v) is 5.88. The van der Waals surface area contributed by atoms with Crippen LogP contribution in [-0.2, 0) is 9.59 Å². The van der Waals surface area contributed by atoms with Gasteiger partial charge < -0.3 is 4.42 Å².